The van der Waals surface area contributed by atoms with E-state index in [1.54, 1.807) is 39.5 Å². The van der Waals surface area contributed by atoms with Crippen molar-refractivity contribution in [3.05, 3.63) is 36.4 Å². The molecule has 3 aromatic rings. The first-order valence-corrected chi connectivity index (χ1v) is 8.77. The fraction of sp³-hybridized carbons (Fsp3) is 0.222. The molecule has 142 valence electrons. The quantitative estimate of drug-likeness (QED) is 0.591. The van der Waals surface area contributed by atoms with Gasteiger partial charge in [0.2, 0.25) is 0 Å². The number of hydrogen-bond acceptors (Lipinski definition) is 8. The van der Waals surface area contributed by atoms with Gasteiger partial charge < -0.3 is 19.5 Å². The van der Waals surface area contributed by atoms with Gasteiger partial charge in [0.25, 0.3) is 0 Å². The van der Waals surface area contributed by atoms with Crippen LogP contribution in [0.1, 0.15) is 0 Å². The number of halogens is 1. The summed E-state index contributed by atoms with van der Waals surface area (Å²) in [6, 6.07) is 6.54. The van der Waals surface area contributed by atoms with Gasteiger partial charge in [-0.3, -0.25) is 4.72 Å². The number of aromatic nitrogens is 2. The van der Waals surface area contributed by atoms with Gasteiger partial charge in [-0.15, -0.1) is 0 Å². The van der Waals surface area contributed by atoms with Crippen molar-refractivity contribution in [1.82, 2.24) is 14.7 Å². The normalized spacial score (nSPS) is 10.7. The van der Waals surface area contributed by atoms with Crippen LogP contribution < -0.4 is 24.2 Å². The zero-order valence-electron chi connectivity index (χ0n) is 15.3. The molecule has 0 spiro atoms. The Morgan fingerprint density at radius 2 is 1.63 bits per heavy atom. The Morgan fingerprint density at radius 1 is 0.926 bits per heavy atom. The summed E-state index contributed by atoms with van der Waals surface area (Å²) < 4.78 is 33.0. The maximum atomic E-state index is 14.2. The first-order chi connectivity index (χ1) is 13.1. The Kier molecular flexibility index (Phi) is 5.82. The minimum Gasteiger partial charge on any atom is -0.494 e. The van der Waals surface area contributed by atoms with Crippen molar-refractivity contribution in [2.75, 3.05) is 33.7 Å². The third kappa shape index (κ3) is 3.83. The van der Waals surface area contributed by atoms with Crippen LogP contribution >= 0.6 is 11.9 Å². The highest BCUT2D eigenvalue weighted by Gasteiger charge is 2.15. The highest BCUT2D eigenvalue weighted by Crippen LogP contribution is 2.37. The maximum Gasteiger partial charge on any atom is 0.162 e. The minimum absolute atomic E-state index is 0.361. The van der Waals surface area contributed by atoms with Crippen LogP contribution in [0.15, 0.2) is 35.5 Å². The number of ether oxygens (including phenoxy) is 3. The molecule has 2 aromatic carbocycles. The summed E-state index contributed by atoms with van der Waals surface area (Å²) in [4.78, 5) is 9.02. The molecular weight excluding hydrogens is 371 g/mol. The highest BCUT2D eigenvalue weighted by atomic mass is 32.2. The largest absolute Gasteiger partial charge is 0.494 e. The Balaban J connectivity index is 2.10. The van der Waals surface area contributed by atoms with Gasteiger partial charge in [0.1, 0.15) is 23.7 Å². The van der Waals surface area contributed by atoms with E-state index in [1.807, 2.05) is 0 Å². The predicted octanol–water partition coefficient (Wildman–Crippen LogP) is 3.76. The van der Waals surface area contributed by atoms with Crippen LogP contribution in [0.3, 0.4) is 0 Å². The van der Waals surface area contributed by atoms with Gasteiger partial charge in [-0.05, 0) is 31.1 Å². The van der Waals surface area contributed by atoms with Crippen LogP contribution in [0.2, 0.25) is 0 Å². The van der Waals surface area contributed by atoms with Gasteiger partial charge in [-0.2, -0.15) is 0 Å². The van der Waals surface area contributed by atoms with E-state index < -0.39 is 0 Å². The third-order valence-corrected chi connectivity index (χ3v) is 4.60. The van der Waals surface area contributed by atoms with Crippen molar-refractivity contribution >= 4 is 34.4 Å². The number of anilines is 2. The maximum absolute atomic E-state index is 14.2. The first-order valence-electron chi connectivity index (χ1n) is 7.96. The van der Waals surface area contributed by atoms with E-state index in [9.17, 15) is 4.39 Å². The number of hydrogen-bond donors (Lipinski definition) is 2. The molecule has 1 aromatic heterocycles. The van der Waals surface area contributed by atoms with Gasteiger partial charge >= 0.3 is 0 Å². The van der Waals surface area contributed by atoms with Crippen molar-refractivity contribution in [2.24, 2.45) is 0 Å². The Bertz CT molecular complexity index is 971. The number of nitrogens with zero attached hydrogens (tertiary/aromatic N) is 2. The van der Waals surface area contributed by atoms with Crippen molar-refractivity contribution < 1.29 is 18.6 Å². The lowest BCUT2D eigenvalue weighted by Gasteiger charge is -2.15. The molecule has 7 nitrogen and oxygen atoms in total. The number of rotatable bonds is 7. The van der Waals surface area contributed by atoms with Crippen LogP contribution in [0.25, 0.3) is 10.9 Å². The van der Waals surface area contributed by atoms with Gasteiger partial charge in [0.05, 0.1) is 37.4 Å². The van der Waals surface area contributed by atoms with Crippen molar-refractivity contribution in [2.45, 2.75) is 4.90 Å². The SMILES string of the molecule is CNSc1cc(Nc2ncnc3cc(OC)c(OC)cc23)c(OC)cc1F. The lowest BCUT2D eigenvalue weighted by Crippen LogP contribution is -2.01. The second kappa shape index (κ2) is 8.28. The molecule has 3 rings (SSSR count). The lowest BCUT2D eigenvalue weighted by molar-refractivity contribution is 0.356. The van der Waals surface area contributed by atoms with Crippen LogP contribution in [0, 0.1) is 5.82 Å². The van der Waals surface area contributed by atoms with E-state index in [0.717, 1.165) is 5.39 Å². The van der Waals surface area contributed by atoms with E-state index in [1.165, 1.54) is 31.5 Å². The van der Waals surface area contributed by atoms with E-state index in [-0.39, 0.29) is 5.82 Å². The summed E-state index contributed by atoms with van der Waals surface area (Å²) in [7, 11) is 6.33. The van der Waals surface area contributed by atoms with Gasteiger partial charge in [-0.1, -0.05) is 0 Å². The standard InChI is InChI=1S/C18H19FN4O3S/c1-20-27-17-8-13(14(24-2)6-11(17)19)23-18-10-5-15(25-3)16(26-4)7-12(10)21-9-22-18/h5-9,20H,1-4H3,(H,21,22,23). The molecule has 9 heteroatoms. The fourth-order valence-corrected chi connectivity index (χ4v) is 3.15. The summed E-state index contributed by atoms with van der Waals surface area (Å²) in [6.45, 7) is 0. The van der Waals surface area contributed by atoms with E-state index in [2.05, 4.69) is 20.0 Å². The topological polar surface area (TPSA) is 77.5 Å². The van der Waals surface area contributed by atoms with Gasteiger partial charge in [-0.25, -0.2) is 14.4 Å². The molecule has 0 saturated carbocycles. The van der Waals surface area contributed by atoms with Crippen LogP contribution in [-0.2, 0) is 0 Å². The smallest absolute Gasteiger partial charge is 0.162 e. The molecule has 0 aliphatic heterocycles. The zero-order chi connectivity index (χ0) is 19.4. The Morgan fingerprint density at radius 3 is 2.30 bits per heavy atom. The van der Waals surface area contributed by atoms with Crippen LogP contribution in [-0.4, -0.2) is 38.3 Å². The first kappa shape index (κ1) is 19.0. The molecule has 0 bridgehead atoms. The molecule has 2 N–H and O–H groups in total. The summed E-state index contributed by atoms with van der Waals surface area (Å²) >= 11 is 1.17. The molecule has 0 fully saturated rings. The third-order valence-electron chi connectivity index (χ3n) is 3.86. The highest BCUT2D eigenvalue weighted by molar-refractivity contribution is 7.97. The average molecular weight is 390 g/mol. The molecule has 0 amide bonds. The monoisotopic (exact) mass is 390 g/mol. The molecule has 0 aliphatic rings. The predicted molar refractivity (Wildman–Crippen MR) is 104 cm³/mol. The number of fused-ring (bicyclic) bond motifs is 1. The van der Waals surface area contributed by atoms with Crippen LogP contribution in [0.4, 0.5) is 15.9 Å². The Hall–Kier alpha value is -2.78. The zero-order valence-corrected chi connectivity index (χ0v) is 16.1. The van der Waals surface area contributed by atoms with Crippen molar-refractivity contribution in [1.29, 1.82) is 0 Å². The van der Waals surface area contributed by atoms with Crippen molar-refractivity contribution in [3.8, 4) is 17.2 Å². The molecule has 0 radical (unpaired) electrons. The van der Waals surface area contributed by atoms with Gasteiger partial charge in [0.15, 0.2) is 11.5 Å². The van der Waals surface area contributed by atoms with Crippen molar-refractivity contribution in [3.63, 3.8) is 0 Å². The number of benzene rings is 2. The molecule has 0 aliphatic carbocycles. The summed E-state index contributed by atoms with van der Waals surface area (Å²) in [5.74, 6) is 1.64. The molecule has 0 unspecified atom stereocenters. The summed E-state index contributed by atoms with van der Waals surface area (Å²) in [5.41, 5.74) is 1.25. The Labute approximate surface area is 160 Å². The molecule has 27 heavy (non-hydrogen) atoms. The molecule has 0 atom stereocenters. The second-order valence-corrected chi connectivity index (χ2v) is 6.41. The summed E-state index contributed by atoms with van der Waals surface area (Å²) in [5, 5.41) is 3.93. The molecular formula is C18H19FN4O3S. The number of methoxy groups -OCH3 is 3. The van der Waals surface area contributed by atoms with E-state index >= 15 is 0 Å². The average Bonchev–Trinajstić information content (AvgIpc) is 2.69. The van der Waals surface area contributed by atoms with E-state index in [4.69, 9.17) is 14.2 Å². The lowest BCUT2D eigenvalue weighted by atomic mass is 10.2. The van der Waals surface area contributed by atoms with Gasteiger partial charge in [0, 0.05) is 17.5 Å². The number of nitrogens with one attached hydrogen (secondary N) is 2. The molecule has 0 saturated heterocycles. The van der Waals surface area contributed by atoms with E-state index in [0.29, 0.717) is 39.2 Å². The fourth-order valence-electron chi connectivity index (χ4n) is 2.60. The second-order valence-electron chi connectivity index (χ2n) is 5.36. The summed E-state index contributed by atoms with van der Waals surface area (Å²) in [6.07, 6.45) is 1.44. The molecule has 1 heterocycles. The van der Waals surface area contributed by atoms with Crippen LogP contribution in [0.5, 0.6) is 17.2 Å². The minimum atomic E-state index is -0.379.